The van der Waals surface area contributed by atoms with Crippen LogP contribution < -0.4 is 4.90 Å². The fourth-order valence-corrected chi connectivity index (χ4v) is 3.56. The summed E-state index contributed by atoms with van der Waals surface area (Å²) in [5, 5.41) is 10.0. The molecule has 1 saturated heterocycles. The minimum atomic E-state index is 0.0342. The highest BCUT2D eigenvalue weighted by Crippen LogP contribution is 2.30. The van der Waals surface area contributed by atoms with Crippen molar-refractivity contribution in [2.24, 2.45) is 0 Å². The first-order valence-corrected chi connectivity index (χ1v) is 7.61. The number of pyridine rings is 1. The third-order valence-electron chi connectivity index (χ3n) is 3.24. The summed E-state index contributed by atoms with van der Waals surface area (Å²) in [5.74, 6) is 2.05. The molecule has 2 rings (SSSR count). The molecule has 1 aliphatic rings. The third-order valence-corrected chi connectivity index (χ3v) is 5.01. The number of halogens is 1. The Morgan fingerprint density at radius 1 is 1.59 bits per heavy atom. The molecule has 1 aromatic heterocycles. The van der Waals surface area contributed by atoms with Gasteiger partial charge in [-0.25, -0.2) is 4.98 Å². The molecule has 0 amide bonds. The highest BCUT2D eigenvalue weighted by atomic mass is 79.9. The van der Waals surface area contributed by atoms with E-state index in [4.69, 9.17) is 0 Å². The Labute approximate surface area is 115 Å². The lowest BCUT2D eigenvalue weighted by molar-refractivity contribution is 0.281. The van der Waals surface area contributed by atoms with Gasteiger partial charge < -0.3 is 10.0 Å². The molecule has 2 heterocycles. The molecule has 17 heavy (non-hydrogen) atoms. The summed E-state index contributed by atoms with van der Waals surface area (Å²) in [6, 6.07) is 2.40. The van der Waals surface area contributed by atoms with Gasteiger partial charge in [0.25, 0.3) is 0 Å². The summed E-state index contributed by atoms with van der Waals surface area (Å²) in [4.78, 5) is 6.77. The molecule has 0 saturated carbocycles. The molecule has 1 fully saturated rings. The molecule has 0 aliphatic carbocycles. The first-order chi connectivity index (χ1) is 8.13. The van der Waals surface area contributed by atoms with Gasteiger partial charge in [0, 0.05) is 39.8 Å². The fraction of sp³-hybridized carbons (Fsp3) is 0.583. The van der Waals surface area contributed by atoms with Crippen LogP contribution in [-0.4, -0.2) is 33.7 Å². The maximum atomic E-state index is 9.43. The van der Waals surface area contributed by atoms with E-state index >= 15 is 0 Å². The SMILES string of the molecule is CC1SCCN(c2ncc(Br)cc2CO)C1C. The van der Waals surface area contributed by atoms with Crippen molar-refractivity contribution in [2.45, 2.75) is 31.7 Å². The van der Waals surface area contributed by atoms with E-state index in [2.05, 4.69) is 39.7 Å². The van der Waals surface area contributed by atoms with Gasteiger partial charge in [0.2, 0.25) is 0 Å². The average molecular weight is 317 g/mol. The Kier molecular flexibility index (Phi) is 4.33. The topological polar surface area (TPSA) is 36.4 Å². The minimum absolute atomic E-state index is 0.0342. The largest absolute Gasteiger partial charge is 0.392 e. The number of rotatable bonds is 2. The Morgan fingerprint density at radius 2 is 2.35 bits per heavy atom. The van der Waals surface area contributed by atoms with Crippen LogP contribution in [0.4, 0.5) is 5.82 Å². The van der Waals surface area contributed by atoms with Gasteiger partial charge in [-0.15, -0.1) is 0 Å². The third kappa shape index (κ3) is 2.77. The van der Waals surface area contributed by atoms with Crippen molar-refractivity contribution in [1.29, 1.82) is 0 Å². The van der Waals surface area contributed by atoms with Crippen LogP contribution in [0.15, 0.2) is 16.7 Å². The van der Waals surface area contributed by atoms with Gasteiger partial charge in [-0.1, -0.05) is 6.92 Å². The predicted molar refractivity (Wildman–Crippen MR) is 76.6 cm³/mol. The van der Waals surface area contributed by atoms with Crippen LogP contribution in [0.2, 0.25) is 0 Å². The highest BCUT2D eigenvalue weighted by Gasteiger charge is 2.27. The summed E-state index contributed by atoms with van der Waals surface area (Å²) >= 11 is 5.39. The summed E-state index contributed by atoms with van der Waals surface area (Å²) in [6.07, 6.45) is 1.80. The van der Waals surface area contributed by atoms with E-state index in [-0.39, 0.29) is 6.61 Å². The molecule has 0 bridgehead atoms. The Bertz CT molecular complexity index is 402. The summed E-state index contributed by atoms with van der Waals surface area (Å²) in [7, 11) is 0. The average Bonchev–Trinajstić information content (AvgIpc) is 2.33. The number of nitrogens with zero attached hydrogens (tertiary/aromatic N) is 2. The van der Waals surface area contributed by atoms with E-state index in [1.807, 2.05) is 17.8 Å². The summed E-state index contributed by atoms with van der Waals surface area (Å²) in [6.45, 7) is 5.50. The molecule has 94 valence electrons. The molecule has 0 radical (unpaired) electrons. The van der Waals surface area contributed by atoms with Crippen LogP contribution in [0.3, 0.4) is 0 Å². The van der Waals surface area contributed by atoms with Gasteiger partial charge >= 0.3 is 0 Å². The van der Waals surface area contributed by atoms with Gasteiger partial charge in [0.15, 0.2) is 0 Å². The molecule has 1 N–H and O–H groups in total. The fourth-order valence-electron chi connectivity index (χ4n) is 2.08. The van der Waals surface area contributed by atoms with E-state index in [0.717, 1.165) is 28.2 Å². The predicted octanol–water partition coefficient (Wildman–Crippen LogP) is 2.67. The maximum absolute atomic E-state index is 9.43. The van der Waals surface area contributed by atoms with Gasteiger partial charge in [0.1, 0.15) is 5.82 Å². The summed E-state index contributed by atoms with van der Waals surface area (Å²) in [5.41, 5.74) is 0.894. The number of hydrogen-bond acceptors (Lipinski definition) is 4. The van der Waals surface area contributed by atoms with Crippen molar-refractivity contribution < 1.29 is 5.11 Å². The monoisotopic (exact) mass is 316 g/mol. The number of aliphatic hydroxyl groups is 1. The number of aromatic nitrogens is 1. The Balaban J connectivity index is 2.32. The van der Waals surface area contributed by atoms with Crippen molar-refractivity contribution >= 4 is 33.5 Å². The molecule has 0 aromatic carbocycles. The quantitative estimate of drug-likeness (QED) is 0.910. The highest BCUT2D eigenvalue weighted by molar-refractivity contribution is 9.10. The molecule has 1 aliphatic heterocycles. The van der Waals surface area contributed by atoms with Crippen LogP contribution in [0, 0.1) is 0 Å². The Hall–Kier alpha value is -0.260. The number of hydrogen-bond donors (Lipinski definition) is 1. The zero-order valence-corrected chi connectivity index (χ0v) is 12.5. The van der Waals surface area contributed by atoms with Crippen LogP contribution in [0.1, 0.15) is 19.4 Å². The molecule has 3 nitrogen and oxygen atoms in total. The first kappa shape index (κ1) is 13.2. The number of thioether (sulfide) groups is 1. The normalized spacial score (nSPS) is 25.1. The lowest BCUT2D eigenvalue weighted by Crippen LogP contribution is -2.45. The van der Waals surface area contributed by atoms with Crippen molar-refractivity contribution in [2.75, 3.05) is 17.2 Å². The van der Waals surface area contributed by atoms with Crippen molar-refractivity contribution in [3.8, 4) is 0 Å². The summed E-state index contributed by atoms with van der Waals surface area (Å²) < 4.78 is 0.914. The van der Waals surface area contributed by atoms with Crippen molar-refractivity contribution in [3.05, 3.63) is 22.3 Å². The zero-order chi connectivity index (χ0) is 12.4. The molecule has 2 unspecified atom stereocenters. The lowest BCUT2D eigenvalue weighted by Gasteiger charge is -2.39. The van der Waals surface area contributed by atoms with Gasteiger partial charge in [-0.2, -0.15) is 11.8 Å². The lowest BCUT2D eigenvalue weighted by atomic mass is 10.1. The molecule has 2 atom stereocenters. The second kappa shape index (κ2) is 5.59. The Morgan fingerprint density at radius 3 is 3.06 bits per heavy atom. The van der Waals surface area contributed by atoms with Gasteiger partial charge in [0.05, 0.1) is 6.61 Å². The van der Waals surface area contributed by atoms with Crippen LogP contribution in [0.25, 0.3) is 0 Å². The van der Waals surface area contributed by atoms with E-state index in [1.54, 1.807) is 6.20 Å². The first-order valence-electron chi connectivity index (χ1n) is 5.77. The van der Waals surface area contributed by atoms with Crippen LogP contribution in [0.5, 0.6) is 0 Å². The second-order valence-electron chi connectivity index (χ2n) is 4.30. The molecule has 1 aromatic rings. The van der Waals surface area contributed by atoms with Crippen molar-refractivity contribution in [1.82, 2.24) is 4.98 Å². The van der Waals surface area contributed by atoms with Crippen molar-refractivity contribution in [3.63, 3.8) is 0 Å². The smallest absolute Gasteiger partial charge is 0.134 e. The standard InChI is InChI=1S/C12H17BrN2OS/c1-8-9(2)17-4-3-15(8)12-10(7-16)5-11(13)6-14-12/h5-6,8-9,16H,3-4,7H2,1-2H3. The van der Waals surface area contributed by atoms with Crippen LogP contribution >= 0.6 is 27.7 Å². The van der Waals surface area contributed by atoms with E-state index in [9.17, 15) is 5.11 Å². The minimum Gasteiger partial charge on any atom is -0.392 e. The van der Waals surface area contributed by atoms with Gasteiger partial charge in [-0.3, -0.25) is 0 Å². The van der Waals surface area contributed by atoms with E-state index in [0.29, 0.717) is 11.3 Å². The maximum Gasteiger partial charge on any atom is 0.134 e. The molecule has 5 heteroatoms. The van der Waals surface area contributed by atoms with Gasteiger partial charge in [-0.05, 0) is 28.9 Å². The van der Waals surface area contributed by atoms with E-state index in [1.165, 1.54) is 0 Å². The molecular formula is C12H17BrN2OS. The molecular weight excluding hydrogens is 300 g/mol. The van der Waals surface area contributed by atoms with E-state index < -0.39 is 0 Å². The van der Waals surface area contributed by atoms with Crippen LogP contribution in [-0.2, 0) is 6.61 Å². The molecule has 0 spiro atoms. The number of anilines is 1. The second-order valence-corrected chi connectivity index (χ2v) is 6.71. The number of aliphatic hydroxyl groups excluding tert-OH is 1. The zero-order valence-electron chi connectivity index (χ0n) is 10.1.